The normalized spacial score (nSPS) is 17.4. The third-order valence-corrected chi connectivity index (χ3v) is 4.75. The number of hydrogen-bond donors (Lipinski definition) is 2. The lowest BCUT2D eigenvalue weighted by Crippen LogP contribution is -2.45. The van der Waals surface area contributed by atoms with Crippen molar-refractivity contribution in [1.29, 1.82) is 0 Å². The first-order valence-electron chi connectivity index (χ1n) is 9.03. The fraction of sp³-hybridized carbons (Fsp3) is 0.238. The third kappa shape index (κ3) is 3.82. The molecule has 0 unspecified atom stereocenters. The van der Waals surface area contributed by atoms with E-state index in [4.69, 9.17) is 18.9 Å². The number of methoxy groups -OCH3 is 1. The summed E-state index contributed by atoms with van der Waals surface area (Å²) in [6.07, 6.45) is 0. The highest BCUT2D eigenvalue weighted by molar-refractivity contribution is 5.95. The molecular formula is C21H20N2O6. The van der Waals surface area contributed by atoms with Crippen molar-refractivity contribution in [1.82, 2.24) is 10.6 Å². The van der Waals surface area contributed by atoms with Crippen molar-refractivity contribution in [2.24, 2.45) is 0 Å². The predicted molar refractivity (Wildman–Crippen MR) is 102 cm³/mol. The minimum atomic E-state index is -0.665. The minimum Gasteiger partial charge on any atom is -0.497 e. The first kappa shape index (κ1) is 18.7. The number of allylic oxidation sites excluding steroid dienone is 1. The maximum absolute atomic E-state index is 12.9. The van der Waals surface area contributed by atoms with Crippen LogP contribution in [0.15, 0.2) is 53.7 Å². The molecule has 8 nitrogen and oxygen atoms in total. The fourth-order valence-corrected chi connectivity index (χ4v) is 3.26. The molecular weight excluding hydrogens is 376 g/mol. The quantitative estimate of drug-likeness (QED) is 0.755. The van der Waals surface area contributed by atoms with E-state index in [1.54, 1.807) is 44.4 Å². The van der Waals surface area contributed by atoms with Crippen LogP contribution in [0, 0.1) is 0 Å². The molecule has 2 heterocycles. The highest BCUT2D eigenvalue weighted by Gasteiger charge is 2.33. The molecule has 0 aromatic heterocycles. The second-order valence-corrected chi connectivity index (χ2v) is 6.61. The molecule has 29 heavy (non-hydrogen) atoms. The summed E-state index contributed by atoms with van der Waals surface area (Å²) in [7, 11) is 1.59. The summed E-state index contributed by atoms with van der Waals surface area (Å²) in [5, 5.41) is 5.41. The molecule has 1 atom stereocenters. The first-order valence-corrected chi connectivity index (χ1v) is 9.03. The Morgan fingerprint density at radius 3 is 2.66 bits per heavy atom. The highest BCUT2D eigenvalue weighted by Crippen LogP contribution is 2.37. The molecule has 150 valence electrons. The van der Waals surface area contributed by atoms with Gasteiger partial charge in [-0.05, 0) is 42.3 Å². The minimum absolute atomic E-state index is 0.0986. The molecule has 0 spiro atoms. The van der Waals surface area contributed by atoms with Gasteiger partial charge in [0, 0.05) is 5.70 Å². The van der Waals surface area contributed by atoms with Crippen molar-refractivity contribution in [2.75, 3.05) is 13.9 Å². The molecule has 0 radical (unpaired) electrons. The van der Waals surface area contributed by atoms with Crippen LogP contribution in [0.4, 0.5) is 4.79 Å². The lowest BCUT2D eigenvalue weighted by molar-refractivity contribution is -0.140. The van der Waals surface area contributed by atoms with Crippen LogP contribution >= 0.6 is 0 Å². The Bertz CT molecular complexity index is 983. The van der Waals surface area contributed by atoms with Gasteiger partial charge in [-0.1, -0.05) is 18.2 Å². The van der Waals surface area contributed by atoms with E-state index < -0.39 is 18.0 Å². The third-order valence-electron chi connectivity index (χ3n) is 4.75. The van der Waals surface area contributed by atoms with Crippen molar-refractivity contribution >= 4 is 12.0 Å². The van der Waals surface area contributed by atoms with E-state index in [9.17, 15) is 9.59 Å². The van der Waals surface area contributed by atoms with Crippen molar-refractivity contribution in [3.05, 3.63) is 64.9 Å². The monoisotopic (exact) mass is 396 g/mol. The van der Waals surface area contributed by atoms with Gasteiger partial charge in [0.1, 0.15) is 12.4 Å². The first-order chi connectivity index (χ1) is 14.0. The largest absolute Gasteiger partial charge is 0.497 e. The molecule has 0 fully saturated rings. The zero-order valence-corrected chi connectivity index (χ0v) is 16.0. The Morgan fingerprint density at radius 1 is 1.14 bits per heavy atom. The number of rotatable bonds is 5. The number of hydrogen-bond acceptors (Lipinski definition) is 6. The Morgan fingerprint density at radius 2 is 1.90 bits per heavy atom. The van der Waals surface area contributed by atoms with E-state index in [2.05, 4.69) is 10.6 Å². The number of carbonyl (C=O) groups is 2. The Labute approximate surface area is 167 Å². The van der Waals surface area contributed by atoms with Crippen LogP contribution in [0.2, 0.25) is 0 Å². The maximum Gasteiger partial charge on any atom is 0.338 e. The molecule has 2 N–H and O–H groups in total. The molecule has 2 aliphatic rings. The molecule has 0 bridgehead atoms. The van der Waals surface area contributed by atoms with E-state index in [0.717, 1.165) is 11.3 Å². The number of nitrogens with one attached hydrogen (secondary N) is 2. The zero-order valence-electron chi connectivity index (χ0n) is 16.0. The van der Waals surface area contributed by atoms with Crippen LogP contribution in [0.25, 0.3) is 0 Å². The summed E-state index contributed by atoms with van der Waals surface area (Å²) in [5.74, 6) is 1.39. The summed E-state index contributed by atoms with van der Waals surface area (Å²) in [6, 6.07) is 11.5. The van der Waals surface area contributed by atoms with Gasteiger partial charge in [-0.15, -0.1) is 0 Å². The van der Waals surface area contributed by atoms with E-state index in [-0.39, 0.29) is 13.4 Å². The van der Waals surface area contributed by atoms with Crippen LogP contribution < -0.4 is 24.8 Å². The number of benzene rings is 2. The van der Waals surface area contributed by atoms with Crippen molar-refractivity contribution in [3.8, 4) is 17.2 Å². The van der Waals surface area contributed by atoms with Crippen molar-refractivity contribution in [2.45, 2.75) is 19.6 Å². The number of amides is 2. The molecule has 4 rings (SSSR count). The topological polar surface area (TPSA) is 95.1 Å². The maximum atomic E-state index is 12.9. The van der Waals surface area contributed by atoms with Crippen molar-refractivity contribution < 1.29 is 28.5 Å². The summed E-state index contributed by atoms with van der Waals surface area (Å²) < 4.78 is 21.4. The van der Waals surface area contributed by atoms with Gasteiger partial charge in [-0.2, -0.15) is 0 Å². The fourth-order valence-electron chi connectivity index (χ4n) is 3.26. The zero-order chi connectivity index (χ0) is 20.4. The van der Waals surface area contributed by atoms with Gasteiger partial charge in [0.25, 0.3) is 0 Å². The van der Waals surface area contributed by atoms with Gasteiger partial charge < -0.3 is 29.6 Å². The Kier molecular flexibility index (Phi) is 4.99. The highest BCUT2D eigenvalue weighted by atomic mass is 16.7. The molecule has 0 saturated carbocycles. The summed E-state index contributed by atoms with van der Waals surface area (Å²) in [4.78, 5) is 24.9. The predicted octanol–water partition coefficient (Wildman–Crippen LogP) is 2.80. The molecule has 2 aromatic rings. The van der Waals surface area contributed by atoms with Crippen LogP contribution in [-0.4, -0.2) is 25.9 Å². The average molecular weight is 396 g/mol. The van der Waals surface area contributed by atoms with Crippen LogP contribution in [0.3, 0.4) is 0 Å². The molecule has 0 saturated heterocycles. The second kappa shape index (κ2) is 7.75. The molecule has 2 aromatic carbocycles. The van der Waals surface area contributed by atoms with Crippen molar-refractivity contribution in [3.63, 3.8) is 0 Å². The van der Waals surface area contributed by atoms with E-state index in [0.29, 0.717) is 28.3 Å². The average Bonchev–Trinajstić information content (AvgIpc) is 3.19. The Balaban J connectivity index is 1.55. The lowest BCUT2D eigenvalue weighted by atomic mass is 9.95. The summed E-state index contributed by atoms with van der Waals surface area (Å²) in [5.41, 5.74) is 2.29. The standard InChI is InChI=1S/C21H20N2O6/c1-12-18(20(24)27-10-13-3-6-15(26-2)7-4-13)19(23-21(25)22-12)14-5-8-16-17(9-14)29-11-28-16/h3-9,19H,10-11H2,1-2H3,(H2,22,23,25)/t19-/m0/s1. The number of fused-ring (bicyclic) bond motifs is 1. The van der Waals surface area contributed by atoms with Crippen LogP contribution in [-0.2, 0) is 16.1 Å². The SMILES string of the molecule is COc1ccc(COC(=O)C2=C(C)NC(=O)N[C@H]2c2ccc3c(c2)OCO3)cc1. The number of urea groups is 1. The van der Waals surface area contributed by atoms with Crippen LogP contribution in [0.5, 0.6) is 17.2 Å². The molecule has 8 heteroatoms. The van der Waals surface area contributed by atoms with Crippen LogP contribution in [0.1, 0.15) is 24.1 Å². The summed E-state index contributed by atoms with van der Waals surface area (Å²) >= 11 is 0. The molecule has 0 aliphatic carbocycles. The van der Waals surface area contributed by atoms with Gasteiger partial charge in [0.05, 0.1) is 18.7 Å². The lowest BCUT2D eigenvalue weighted by Gasteiger charge is -2.28. The summed E-state index contributed by atoms with van der Waals surface area (Å²) in [6.45, 7) is 1.91. The molecule has 2 aliphatic heterocycles. The number of ether oxygens (including phenoxy) is 4. The second-order valence-electron chi connectivity index (χ2n) is 6.61. The molecule has 2 amide bonds. The van der Waals surface area contributed by atoms with E-state index >= 15 is 0 Å². The Hall–Kier alpha value is -3.68. The van der Waals surface area contributed by atoms with Gasteiger partial charge in [-0.3, -0.25) is 0 Å². The van der Waals surface area contributed by atoms with E-state index in [1.807, 2.05) is 12.1 Å². The number of carbonyl (C=O) groups excluding carboxylic acids is 2. The smallest absolute Gasteiger partial charge is 0.338 e. The number of esters is 1. The van der Waals surface area contributed by atoms with E-state index in [1.165, 1.54) is 0 Å². The van der Waals surface area contributed by atoms with Gasteiger partial charge >= 0.3 is 12.0 Å². The van der Waals surface area contributed by atoms with Gasteiger partial charge in [0.2, 0.25) is 6.79 Å². The van der Waals surface area contributed by atoms with Gasteiger partial charge in [-0.25, -0.2) is 9.59 Å². The van der Waals surface area contributed by atoms with Gasteiger partial charge in [0.15, 0.2) is 11.5 Å².